The summed E-state index contributed by atoms with van der Waals surface area (Å²) in [4.78, 5) is 0. The van der Waals surface area contributed by atoms with Crippen LogP contribution in [0.25, 0.3) is 0 Å². The molecule has 0 radical (unpaired) electrons. The molecule has 70 valence electrons. The van der Waals surface area contributed by atoms with E-state index in [0.29, 0.717) is 26.2 Å². The Hall–Kier alpha value is -0.600. The number of hydrogen-bond donors (Lipinski definition) is 2. The predicted molar refractivity (Wildman–Crippen MR) is 47.3 cm³/mol. The normalized spacial score (nSPS) is 12.4. The van der Waals surface area contributed by atoms with E-state index in [4.69, 9.17) is 21.7 Å². The summed E-state index contributed by atoms with van der Waals surface area (Å²) in [6, 6.07) is 0.0341. The highest BCUT2D eigenvalue weighted by Gasteiger charge is 2.03. The van der Waals surface area contributed by atoms with Crippen LogP contribution in [0.5, 0.6) is 0 Å². The van der Waals surface area contributed by atoms with Crippen molar-refractivity contribution < 1.29 is 9.47 Å². The zero-order chi connectivity index (χ0) is 9.23. The van der Waals surface area contributed by atoms with Gasteiger partial charge in [-0.2, -0.15) is 0 Å². The van der Waals surface area contributed by atoms with Gasteiger partial charge in [-0.15, -0.1) is 12.3 Å². The van der Waals surface area contributed by atoms with Gasteiger partial charge >= 0.3 is 0 Å². The van der Waals surface area contributed by atoms with Gasteiger partial charge in [0.1, 0.15) is 0 Å². The van der Waals surface area contributed by atoms with Gasteiger partial charge in [-0.3, -0.25) is 11.3 Å². The van der Waals surface area contributed by atoms with Gasteiger partial charge in [-0.1, -0.05) is 0 Å². The van der Waals surface area contributed by atoms with Crippen molar-refractivity contribution in [3.8, 4) is 12.3 Å². The lowest BCUT2D eigenvalue weighted by molar-refractivity contribution is 0.0594. The Morgan fingerprint density at radius 1 is 1.58 bits per heavy atom. The number of rotatable bonds is 7. The number of nitrogens with one attached hydrogen (secondary N) is 1. The smallest absolute Gasteiger partial charge is 0.0701 e. The molecule has 0 saturated carbocycles. The third kappa shape index (κ3) is 6.13. The Kier molecular flexibility index (Phi) is 8.07. The Bertz CT molecular complexity index is 134. The van der Waals surface area contributed by atoms with E-state index in [1.807, 2.05) is 0 Å². The summed E-state index contributed by atoms with van der Waals surface area (Å²) in [7, 11) is 1.63. The summed E-state index contributed by atoms with van der Waals surface area (Å²) in [5.74, 6) is 7.72. The Morgan fingerprint density at radius 2 is 2.33 bits per heavy atom. The monoisotopic (exact) mass is 172 g/mol. The number of hydrogen-bond acceptors (Lipinski definition) is 4. The third-order valence-corrected chi connectivity index (χ3v) is 1.35. The molecule has 0 fully saturated rings. The summed E-state index contributed by atoms with van der Waals surface area (Å²) in [5.41, 5.74) is 2.57. The molecule has 0 saturated heterocycles. The van der Waals surface area contributed by atoms with Crippen LogP contribution in [0.3, 0.4) is 0 Å². The van der Waals surface area contributed by atoms with E-state index in [1.165, 1.54) is 0 Å². The van der Waals surface area contributed by atoms with E-state index < -0.39 is 0 Å². The fourth-order valence-corrected chi connectivity index (χ4v) is 0.676. The Balaban J connectivity index is 3.26. The summed E-state index contributed by atoms with van der Waals surface area (Å²) < 4.78 is 10.0. The van der Waals surface area contributed by atoms with E-state index in [1.54, 1.807) is 7.11 Å². The minimum atomic E-state index is 0.0341. The molecule has 0 aliphatic heterocycles. The van der Waals surface area contributed by atoms with Crippen LogP contribution in [-0.4, -0.2) is 33.0 Å². The van der Waals surface area contributed by atoms with Gasteiger partial charge in [0, 0.05) is 13.5 Å². The molecule has 0 bridgehead atoms. The van der Waals surface area contributed by atoms with Crippen molar-refractivity contribution in [3.63, 3.8) is 0 Å². The molecule has 0 heterocycles. The van der Waals surface area contributed by atoms with Gasteiger partial charge in [0.15, 0.2) is 0 Å². The van der Waals surface area contributed by atoms with Crippen LogP contribution in [0.4, 0.5) is 0 Å². The van der Waals surface area contributed by atoms with Crippen LogP contribution in [0.15, 0.2) is 0 Å². The Morgan fingerprint density at radius 3 is 2.83 bits per heavy atom. The summed E-state index contributed by atoms with van der Waals surface area (Å²) in [6.07, 6.45) is 5.68. The highest BCUT2D eigenvalue weighted by Crippen LogP contribution is 1.89. The van der Waals surface area contributed by atoms with Crippen LogP contribution < -0.4 is 11.3 Å². The van der Waals surface area contributed by atoms with Crippen LogP contribution in [0, 0.1) is 12.3 Å². The minimum absolute atomic E-state index is 0.0341. The second-order valence-electron chi connectivity index (χ2n) is 2.34. The van der Waals surface area contributed by atoms with Crippen molar-refractivity contribution in [2.75, 3.05) is 26.9 Å². The molecule has 0 aromatic carbocycles. The third-order valence-electron chi connectivity index (χ3n) is 1.35. The van der Waals surface area contributed by atoms with Gasteiger partial charge < -0.3 is 9.47 Å². The average molecular weight is 172 g/mol. The minimum Gasteiger partial charge on any atom is -0.382 e. The van der Waals surface area contributed by atoms with E-state index in [0.717, 1.165) is 0 Å². The van der Waals surface area contributed by atoms with E-state index in [-0.39, 0.29) is 6.04 Å². The van der Waals surface area contributed by atoms with Crippen molar-refractivity contribution in [2.24, 2.45) is 5.84 Å². The molecule has 0 aliphatic rings. The quantitative estimate of drug-likeness (QED) is 0.235. The van der Waals surface area contributed by atoms with Gasteiger partial charge in [-0.05, 0) is 0 Å². The number of nitrogens with two attached hydrogens (primary N) is 1. The fourth-order valence-electron chi connectivity index (χ4n) is 0.676. The number of ether oxygens (including phenoxy) is 2. The first-order valence-corrected chi connectivity index (χ1v) is 3.81. The average Bonchev–Trinajstić information content (AvgIpc) is 2.10. The van der Waals surface area contributed by atoms with Crippen LogP contribution in [-0.2, 0) is 9.47 Å². The van der Waals surface area contributed by atoms with Crippen molar-refractivity contribution in [3.05, 3.63) is 0 Å². The molecule has 0 rings (SSSR count). The molecule has 3 N–H and O–H groups in total. The van der Waals surface area contributed by atoms with Crippen LogP contribution >= 0.6 is 0 Å². The number of hydrazine groups is 1. The second kappa shape index (κ2) is 8.50. The lowest BCUT2D eigenvalue weighted by Crippen LogP contribution is -2.38. The lowest BCUT2D eigenvalue weighted by Gasteiger charge is -2.12. The van der Waals surface area contributed by atoms with Crippen LogP contribution in [0.1, 0.15) is 6.42 Å². The fraction of sp³-hybridized carbons (Fsp3) is 0.750. The molecule has 0 aliphatic carbocycles. The second-order valence-corrected chi connectivity index (χ2v) is 2.34. The topological polar surface area (TPSA) is 56.5 Å². The zero-order valence-corrected chi connectivity index (χ0v) is 7.38. The van der Waals surface area contributed by atoms with E-state index in [9.17, 15) is 0 Å². The van der Waals surface area contributed by atoms with Crippen LogP contribution in [0.2, 0.25) is 0 Å². The summed E-state index contributed by atoms with van der Waals surface area (Å²) in [5, 5.41) is 0. The Labute approximate surface area is 73.4 Å². The van der Waals surface area contributed by atoms with Gasteiger partial charge in [-0.25, -0.2) is 0 Å². The molecule has 4 heteroatoms. The van der Waals surface area contributed by atoms with E-state index >= 15 is 0 Å². The van der Waals surface area contributed by atoms with E-state index in [2.05, 4.69) is 11.3 Å². The van der Waals surface area contributed by atoms with Gasteiger partial charge in [0.25, 0.3) is 0 Å². The van der Waals surface area contributed by atoms with Crippen molar-refractivity contribution in [2.45, 2.75) is 12.5 Å². The molecular weight excluding hydrogens is 156 g/mol. The summed E-state index contributed by atoms with van der Waals surface area (Å²) in [6.45, 7) is 1.68. The number of methoxy groups -OCH3 is 1. The predicted octanol–water partition coefficient (Wildman–Crippen LogP) is -0.495. The van der Waals surface area contributed by atoms with Gasteiger partial charge in [0.2, 0.25) is 0 Å². The highest BCUT2D eigenvalue weighted by atomic mass is 16.5. The molecule has 0 aromatic heterocycles. The standard InChI is InChI=1S/C8H16N2O2/c1-3-4-8(10-9)7-12-6-5-11-2/h1,8,10H,4-7,9H2,2H3. The zero-order valence-electron chi connectivity index (χ0n) is 7.38. The SMILES string of the molecule is C#CCC(COCCOC)NN. The molecular formula is C8H16N2O2. The maximum Gasteiger partial charge on any atom is 0.0701 e. The molecule has 1 atom stereocenters. The van der Waals surface area contributed by atoms with Crippen molar-refractivity contribution in [1.29, 1.82) is 0 Å². The molecule has 1 unspecified atom stereocenters. The summed E-state index contributed by atoms with van der Waals surface area (Å²) >= 11 is 0. The molecule has 12 heavy (non-hydrogen) atoms. The highest BCUT2D eigenvalue weighted by molar-refractivity contribution is 4.88. The molecule has 0 aromatic rings. The lowest BCUT2D eigenvalue weighted by atomic mass is 10.2. The number of terminal acetylenes is 1. The van der Waals surface area contributed by atoms with Crippen molar-refractivity contribution in [1.82, 2.24) is 5.43 Å². The maximum atomic E-state index is 5.22. The molecule has 4 nitrogen and oxygen atoms in total. The van der Waals surface area contributed by atoms with Gasteiger partial charge in [0.05, 0.1) is 25.9 Å². The largest absolute Gasteiger partial charge is 0.382 e. The van der Waals surface area contributed by atoms with Crippen molar-refractivity contribution >= 4 is 0 Å². The first-order chi connectivity index (χ1) is 5.85. The first-order valence-electron chi connectivity index (χ1n) is 3.81. The molecule has 0 amide bonds. The maximum absolute atomic E-state index is 5.22. The molecule has 0 spiro atoms. The first kappa shape index (κ1) is 11.4.